The molecule has 0 aliphatic rings. The number of hydrogen-bond acceptors (Lipinski definition) is 5. The van der Waals surface area contributed by atoms with Crippen LogP contribution in [-0.4, -0.2) is 26.7 Å². The van der Waals surface area contributed by atoms with E-state index < -0.39 is 5.63 Å². The molecule has 6 nitrogen and oxygen atoms in total. The van der Waals surface area contributed by atoms with Crippen LogP contribution in [0.1, 0.15) is 16.7 Å². The number of rotatable bonds is 7. The third-order valence-electron chi connectivity index (χ3n) is 4.81. The van der Waals surface area contributed by atoms with Crippen molar-refractivity contribution in [2.75, 3.05) is 20.8 Å². The van der Waals surface area contributed by atoms with E-state index in [1.807, 2.05) is 0 Å². The fraction of sp³-hybridized carbons (Fsp3) is 0.273. The number of fused-ring (bicyclic) bond motifs is 1. The monoisotopic (exact) mass is 399 g/mol. The summed E-state index contributed by atoms with van der Waals surface area (Å²) in [5.41, 5.74) is 1.11. The second-order valence-electron chi connectivity index (χ2n) is 6.54. The Labute approximate surface area is 167 Å². The highest BCUT2D eigenvalue weighted by atomic mass is 19.1. The van der Waals surface area contributed by atoms with E-state index in [1.165, 1.54) is 20.3 Å². The summed E-state index contributed by atoms with van der Waals surface area (Å²) in [7, 11) is 2.96. The van der Waals surface area contributed by atoms with E-state index in [0.717, 1.165) is 0 Å². The third kappa shape index (κ3) is 4.23. The van der Waals surface area contributed by atoms with Crippen molar-refractivity contribution < 1.29 is 23.1 Å². The number of methoxy groups -OCH3 is 2. The molecule has 0 spiro atoms. The fourth-order valence-corrected chi connectivity index (χ4v) is 3.23. The van der Waals surface area contributed by atoms with E-state index in [2.05, 4.69) is 5.32 Å². The van der Waals surface area contributed by atoms with Crippen LogP contribution in [0, 0.1) is 12.7 Å². The zero-order valence-electron chi connectivity index (χ0n) is 16.5. The molecule has 0 aliphatic carbocycles. The van der Waals surface area contributed by atoms with Crippen molar-refractivity contribution in [3.8, 4) is 11.5 Å². The molecule has 3 rings (SSSR count). The van der Waals surface area contributed by atoms with Gasteiger partial charge in [0.2, 0.25) is 11.7 Å². The highest BCUT2D eigenvalue weighted by Crippen LogP contribution is 2.36. The lowest BCUT2D eigenvalue weighted by Gasteiger charge is -2.13. The Morgan fingerprint density at radius 2 is 1.90 bits per heavy atom. The van der Waals surface area contributed by atoms with Gasteiger partial charge >= 0.3 is 5.63 Å². The Balaban J connectivity index is 1.78. The van der Waals surface area contributed by atoms with Crippen LogP contribution in [0.3, 0.4) is 0 Å². The fourth-order valence-electron chi connectivity index (χ4n) is 3.23. The first-order chi connectivity index (χ1) is 14.0. The molecule has 29 heavy (non-hydrogen) atoms. The van der Waals surface area contributed by atoms with Crippen molar-refractivity contribution in [3.63, 3.8) is 0 Å². The summed E-state index contributed by atoms with van der Waals surface area (Å²) in [6, 6.07) is 9.88. The van der Waals surface area contributed by atoms with Crippen molar-refractivity contribution in [2.24, 2.45) is 0 Å². The van der Waals surface area contributed by atoms with E-state index in [0.29, 0.717) is 34.4 Å². The summed E-state index contributed by atoms with van der Waals surface area (Å²) in [6.07, 6.45) is 0.233. The van der Waals surface area contributed by atoms with Crippen LogP contribution >= 0.6 is 0 Å². The van der Waals surface area contributed by atoms with Gasteiger partial charge in [0.15, 0.2) is 11.3 Å². The summed E-state index contributed by atoms with van der Waals surface area (Å²) < 4.78 is 29.6. The van der Waals surface area contributed by atoms with E-state index >= 15 is 0 Å². The first kappa shape index (κ1) is 20.4. The normalized spacial score (nSPS) is 10.8. The maximum atomic E-state index is 13.6. The predicted octanol–water partition coefficient (Wildman–Crippen LogP) is 3.16. The van der Waals surface area contributed by atoms with Gasteiger partial charge < -0.3 is 19.2 Å². The minimum absolute atomic E-state index is 0.129. The number of nitrogens with one attached hydrogen (secondary N) is 1. The molecule has 0 aliphatic heterocycles. The quantitative estimate of drug-likeness (QED) is 0.618. The lowest BCUT2D eigenvalue weighted by atomic mass is 10.0. The van der Waals surface area contributed by atoms with Crippen molar-refractivity contribution in [1.82, 2.24) is 5.32 Å². The summed E-state index contributed by atoms with van der Waals surface area (Å²) >= 11 is 0. The van der Waals surface area contributed by atoms with Crippen molar-refractivity contribution in [2.45, 2.75) is 19.8 Å². The summed E-state index contributed by atoms with van der Waals surface area (Å²) in [4.78, 5) is 24.8. The van der Waals surface area contributed by atoms with E-state index in [4.69, 9.17) is 13.9 Å². The third-order valence-corrected chi connectivity index (χ3v) is 4.81. The van der Waals surface area contributed by atoms with Gasteiger partial charge in [-0.15, -0.1) is 0 Å². The van der Waals surface area contributed by atoms with Gasteiger partial charge in [-0.2, -0.15) is 0 Å². The molecular weight excluding hydrogens is 377 g/mol. The number of ether oxygens (including phenoxy) is 2. The molecule has 0 saturated heterocycles. The maximum Gasteiger partial charge on any atom is 0.340 e. The lowest BCUT2D eigenvalue weighted by Crippen LogP contribution is -2.29. The van der Waals surface area contributed by atoms with Crippen molar-refractivity contribution in [1.29, 1.82) is 0 Å². The number of benzene rings is 2. The predicted molar refractivity (Wildman–Crippen MR) is 107 cm³/mol. The van der Waals surface area contributed by atoms with Gasteiger partial charge in [0.1, 0.15) is 5.82 Å². The summed E-state index contributed by atoms with van der Waals surface area (Å²) in [5, 5.41) is 3.38. The first-order valence-electron chi connectivity index (χ1n) is 9.13. The molecule has 152 valence electrons. The zero-order chi connectivity index (χ0) is 21.0. The van der Waals surface area contributed by atoms with E-state index in [9.17, 15) is 14.0 Å². The molecule has 0 radical (unpaired) electrons. The number of carbonyl (C=O) groups is 1. The van der Waals surface area contributed by atoms with Gasteiger partial charge in [-0.3, -0.25) is 4.79 Å². The average molecular weight is 399 g/mol. The molecule has 0 fully saturated rings. The van der Waals surface area contributed by atoms with Crippen LogP contribution in [0.25, 0.3) is 11.0 Å². The first-order valence-corrected chi connectivity index (χ1v) is 9.13. The smallest absolute Gasteiger partial charge is 0.340 e. The minimum Gasteiger partial charge on any atom is -0.493 e. The second-order valence-corrected chi connectivity index (χ2v) is 6.54. The van der Waals surface area contributed by atoms with Crippen LogP contribution in [0.2, 0.25) is 0 Å². The Morgan fingerprint density at radius 1 is 1.14 bits per heavy atom. The van der Waals surface area contributed by atoms with Gasteiger partial charge in [-0.05, 0) is 42.7 Å². The largest absolute Gasteiger partial charge is 0.493 e. The Morgan fingerprint density at radius 3 is 2.59 bits per heavy atom. The molecule has 0 saturated carbocycles. The molecule has 1 N–H and O–H groups in total. The average Bonchev–Trinajstić information content (AvgIpc) is 2.71. The van der Waals surface area contributed by atoms with E-state index in [-0.39, 0.29) is 35.8 Å². The number of halogens is 1. The van der Waals surface area contributed by atoms with E-state index in [1.54, 1.807) is 37.3 Å². The molecule has 2 aromatic carbocycles. The van der Waals surface area contributed by atoms with Gasteiger partial charge in [-0.25, -0.2) is 9.18 Å². The topological polar surface area (TPSA) is 77.8 Å². The molecule has 1 amide bonds. The zero-order valence-corrected chi connectivity index (χ0v) is 16.5. The molecular formula is C22H22FNO5. The molecule has 1 heterocycles. The molecule has 0 atom stereocenters. The Kier molecular flexibility index (Phi) is 6.16. The highest BCUT2D eigenvalue weighted by Gasteiger charge is 2.19. The van der Waals surface area contributed by atoms with Crippen molar-refractivity contribution in [3.05, 3.63) is 69.3 Å². The molecule has 7 heteroatoms. The minimum atomic E-state index is -0.606. The van der Waals surface area contributed by atoms with Crippen LogP contribution in [-0.2, 0) is 17.6 Å². The second kappa shape index (κ2) is 8.77. The SMILES string of the molecule is COc1ccc2c(C)c(CC(=O)NCCc3ccccc3F)c(=O)oc2c1OC. The van der Waals surface area contributed by atoms with Gasteiger partial charge in [-0.1, -0.05) is 18.2 Å². The molecule has 0 bridgehead atoms. The molecule has 3 aromatic rings. The summed E-state index contributed by atoms with van der Waals surface area (Å²) in [5.74, 6) is 0.126. The molecule has 1 aromatic heterocycles. The summed E-state index contributed by atoms with van der Waals surface area (Å²) in [6.45, 7) is 2.02. The van der Waals surface area contributed by atoms with Gasteiger partial charge in [0, 0.05) is 11.9 Å². The molecule has 0 unspecified atom stereocenters. The van der Waals surface area contributed by atoms with Crippen LogP contribution < -0.4 is 20.4 Å². The Bertz CT molecular complexity index is 1110. The van der Waals surface area contributed by atoms with Crippen LogP contribution in [0.5, 0.6) is 11.5 Å². The van der Waals surface area contributed by atoms with Crippen molar-refractivity contribution >= 4 is 16.9 Å². The standard InChI is InChI=1S/C22H22FNO5/c1-13-15-8-9-18(27-2)21(28-3)20(15)29-22(26)16(13)12-19(25)24-11-10-14-6-4-5-7-17(14)23/h4-9H,10-12H2,1-3H3,(H,24,25). The number of aryl methyl sites for hydroxylation is 1. The van der Waals surface area contributed by atoms with Gasteiger partial charge in [0.25, 0.3) is 0 Å². The Hall–Kier alpha value is -3.35. The number of amides is 1. The maximum absolute atomic E-state index is 13.6. The lowest BCUT2D eigenvalue weighted by molar-refractivity contribution is -0.120. The van der Waals surface area contributed by atoms with Gasteiger partial charge in [0.05, 0.1) is 26.2 Å². The highest BCUT2D eigenvalue weighted by molar-refractivity contribution is 5.89. The van der Waals surface area contributed by atoms with Crippen LogP contribution in [0.4, 0.5) is 4.39 Å². The van der Waals surface area contributed by atoms with Crippen LogP contribution in [0.15, 0.2) is 45.6 Å². The number of hydrogen-bond donors (Lipinski definition) is 1. The number of carbonyl (C=O) groups excluding carboxylic acids is 1.